The largest absolute Gasteiger partial charge is 0.305 e. The summed E-state index contributed by atoms with van der Waals surface area (Å²) in [6, 6.07) is 8.99. The fourth-order valence-corrected chi connectivity index (χ4v) is 3.47. The average molecular weight is 302 g/mol. The maximum absolute atomic E-state index is 4.75. The van der Waals surface area contributed by atoms with Crippen molar-refractivity contribution in [1.29, 1.82) is 0 Å². The molecule has 0 aliphatic rings. The lowest BCUT2D eigenvalue weighted by molar-refractivity contribution is 0.577. The minimum atomic E-state index is 0.129. The third-order valence-corrected chi connectivity index (χ3v) is 5.33. The zero-order chi connectivity index (χ0) is 15.6. The molecular weight excluding hydrogens is 276 g/mol. The van der Waals surface area contributed by atoms with Crippen molar-refractivity contribution in [2.75, 3.05) is 0 Å². The van der Waals surface area contributed by atoms with Crippen LogP contribution < -0.4 is 5.32 Å². The second-order valence-electron chi connectivity index (χ2n) is 6.81. The van der Waals surface area contributed by atoms with Crippen LogP contribution in [0.2, 0.25) is 0 Å². The van der Waals surface area contributed by atoms with Gasteiger partial charge in [0.05, 0.1) is 10.7 Å². The number of aryl methyl sites for hydroxylation is 2. The number of nitrogens with zero attached hydrogens (tertiary/aromatic N) is 1. The molecule has 1 heterocycles. The second kappa shape index (κ2) is 6.29. The predicted molar refractivity (Wildman–Crippen MR) is 92.0 cm³/mol. The van der Waals surface area contributed by atoms with Gasteiger partial charge in [-0.25, -0.2) is 4.98 Å². The summed E-state index contributed by atoms with van der Waals surface area (Å²) in [7, 11) is 0. The van der Waals surface area contributed by atoms with Crippen LogP contribution in [-0.2, 0) is 12.0 Å². The van der Waals surface area contributed by atoms with Gasteiger partial charge in [-0.05, 0) is 26.3 Å². The van der Waals surface area contributed by atoms with Crippen LogP contribution in [0.15, 0.2) is 24.3 Å². The van der Waals surface area contributed by atoms with E-state index in [4.69, 9.17) is 4.98 Å². The van der Waals surface area contributed by atoms with E-state index in [-0.39, 0.29) is 5.41 Å². The summed E-state index contributed by atoms with van der Waals surface area (Å²) < 4.78 is 0. The first kappa shape index (κ1) is 16.2. The van der Waals surface area contributed by atoms with Gasteiger partial charge in [0, 0.05) is 22.9 Å². The molecule has 21 heavy (non-hydrogen) atoms. The molecule has 1 aromatic heterocycles. The summed E-state index contributed by atoms with van der Waals surface area (Å²) in [4.78, 5) is 6.10. The molecule has 2 rings (SSSR count). The Bertz CT molecular complexity index is 608. The van der Waals surface area contributed by atoms with Crippen molar-refractivity contribution in [2.45, 2.75) is 59.5 Å². The minimum Gasteiger partial charge on any atom is -0.305 e. The quantitative estimate of drug-likeness (QED) is 0.868. The highest BCUT2D eigenvalue weighted by atomic mass is 32.1. The van der Waals surface area contributed by atoms with Crippen molar-refractivity contribution >= 4 is 11.3 Å². The van der Waals surface area contributed by atoms with Crippen LogP contribution in [0, 0.1) is 13.8 Å². The topological polar surface area (TPSA) is 24.9 Å². The molecule has 114 valence electrons. The molecule has 0 aliphatic carbocycles. The molecule has 0 radical (unpaired) electrons. The highest BCUT2D eigenvalue weighted by Crippen LogP contribution is 2.32. The van der Waals surface area contributed by atoms with Gasteiger partial charge in [0.2, 0.25) is 0 Å². The standard InChI is InChI=1S/C18H26N2S/c1-12-8-7-9-15(10-12)11-19-13(2)16-14(3)20-17(21-16)18(4,5)6/h7-10,13,19H,11H2,1-6H3. The van der Waals surface area contributed by atoms with Crippen molar-refractivity contribution in [3.8, 4) is 0 Å². The normalized spacial score (nSPS) is 13.4. The van der Waals surface area contributed by atoms with Crippen molar-refractivity contribution in [2.24, 2.45) is 0 Å². The number of hydrogen-bond acceptors (Lipinski definition) is 3. The number of aromatic nitrogens is 1. The van der Waals surface area contributed by atoms with Crippen LogP contribution in [0.5, 0.6) is 0 Å². The summed E-state index contributed by atoms with van der Waals surface area (Å²) in [5, 5.41) is 4.84. The van der Waals surface area contributed by atoms with E-state index in [0.29, 0.717) is 6.04 Å². The maximum Gasteiger partial charge on any atom is 0.0985 e. The van der Waals surface area contributed by atoms with E-state index in [2.05, 4.69) is 71.1 Å². The van der Waals surface area contributed by atoms with E-state index in [1.807, 2.05) is 11.3 Å². The molecule has 0 amide bonds. The first-order chi connectivity index (χ1) is 9.77. The van der Waals surface area contributed by atoms with E-state index in [1.54, 1.807) is 0 Å². The Kier molecular flexibility index (Phi) is 4.84. The summed E-state index contributed by atoms with van der Waals surface area (Å²) in [5.74, 6) is 0. The lowest BCUT2D eigenvalue weighted by atomic mass is 9.98. The van der Waals surface area contributed by atoms with Crippen molar-refractivity contribution in [3.63, 3.8) is 0 Å². The third kappa shape index (κ3) is 4.14. The third-order valence-electron chi connectivity index (χ3n) is 3.56. The van der Waals surface area contributed by atoms with Crippen LogP contribution in [0.4, 0.5) is 0 Å². The minimum absolute atomic E-state index is 0.129. The van der Waals surface area contributed by atoms with Gasteiger partial charge >= 0.3 is 0 Å². The molecule has 2 aromatic rings. The lowest BCUT2D eigenvalue weighted by Gasteiger charge is -2.15. The fraction of sp³-hybridized carbons (Fsp3) is 0.500. The molecule has 1 atom stereocenters. The van der Waals surface area contributed by atoms with Gasteiger partial charge in [-0.2, -0.15) is 0 Å². The molecule has 2 nitrogen and oxygen atoms in total. The molecule has 1 unspecified atom stereocenters. The Morgan fingerprint density at radius 2 is 1.95 bits per heavy atom. The summed E-state index contributed by atoms with van der Waals surface area (Å²) >= 11 is 1.84. The first-order valence-corrected chi connectivity index (χ1v) is 8.36. The maximum atomic E-state index is 4.75. The number of thiazole rings is 1. The highest BCUT2D eigenvalue weighted by Gasteiger charge is 2.22. The monoisotopic (exact) mass is 302 g/mol. The number of rotatable bonds is 4. The highest BCUT2D eigenvalue weighted by molar-refractivity contribution is 7.12. The molecule has 0 spiro atoms. The smallest absolute Gasteiger partial charge is 0.0985 e. The molecule has 0 saturated heterocycles. The van der Waals surface area contributed by atoms with Crippen molar-refractivity contribution in [1.82, 2.24) is 10.3 Å². The van der Waals surface area contributed by atoms with Crippen LogP contribution in [0.3, 0.4) is 0 Å². The zero-order valence-corrected chi connectivity index (χ0v) is 14.8. The number of benzene rings is 1. The fourth-order valence-electron chi connectivity index (χ4n) is 2.32. The molecule has 0 aliphatic heterocycles. The summed E-state index contributed by atoms with van der Waals surface area (Å²) in [5.41, 5.74) is 3.93. The Balaban J connectivity index is 2.07. The molecule has 0 fully saturated rings. The Hall–Kier alpha value is -1.19. The second-order valence-corrected chi connectivity index (χ2v) is 7.84. The van der Waals surface area contributed by atoms with Gasteiger partial charge < -0.3 is 5.32 Å². The van der Waals surface area contributed by atoms with Gasteiger partial charge in [0.25, 0.3) is 0 Å². The van der Waals surface area contributed by atoms with E-state index < -0.39 is 0 Å². The van der Waals surface area contributed by atoms with E-state index in [0.717, 1.165) is 12.2 Å². The Morgan fingerprint density at radius 1 is 1.24 bits per heavy atom. The van der Waals surface area contributed by atoms with Gasteiger partial charge in [-0.3, -0.25) is 0 Å². The van der Waals surface area contributed by atoms with E-state index in [1.165, 1.54) is 21.0 Å². The van der Waals surface area contributed by atoms with Crippen molar-refractivity contribution in [3.05, 3.63) is 51.0 Å². The van der Waals surface area contributed by atoms with Gasteiger partial charge in [-0.1, -0.05) is 50.6 Å². The van der Waals surface area contributed by atoms with Gasteiger partial charge in [0.1, 0.15) is 0 Å². The van der Waals surface area contributed by atoms with Crippen LogP contribution in [0.25, 0.3) is 0 Å². The van der Waals surface area contributed by atoms with E-state index >= 15 is 0 Å². The van der Waals surface area contributed by atoms with Gasteiger partial charge in [0.15, 0.2) is 0 Å². The molecule has 0 bridgehead atoms. The Morgan fingerprint density at radius 3 is 2.52 bits per heavy atom. The molecular formula is C18H26N2S. The predicted octanol–water partition coefficient (Wildman–Crippen LogP) is 4.91. The number of nitrogens with one attached hydrogen (secondary N) is 1. The van der Waals surface area contributed by atoms with Crippen LogP contribution >= 0.6 is 11.3 Å². The van der Waals surface area contributed by atoms with Crippen LogP contribution in [0.1, 0.15) is 60.4 Å². The van der Waals surface area contributed by atoms with Gasteiger partial charge in [-0.15, -0.1) is 11.3 Å². The SMILES string of the molecule is Cc1cccc(CNC(C)c2sc(C(C)(C)C)nc2C)c1. The number of hydrogen-bond donors (Lipinski definition) is 1. The van der Waals surface area contributed by atoms with Crippen molar-refractivity contribution < 1.29 is 0 Å². The lowest BCUT2D eigenvalue weighted by Crippen LogP contribution is -2.17. The molecule has 1 N–H and O–H groups in total. The molecule has 3 heteroatoms. The molecule has 1 aromatic carbocycles. The van der Waals surface area contributed by atoms with E-state index in [9.17, 15) is 0 Å². The Labute approximate surface area is 132 Å². The zero-order valence-electron chi connectivity index (χ0n) is 13.9. The summed E-state index contributed by atoms with van der Waals surface area (Å²) in [6.07, 6.45) is 0. The first-order valence-electron chi connectivity index (χ1n) is 7.54. The molecule has 0 saturated carbocycles. The average Bonchev–Trinajstić information content (AvgIpc) is 2.78. The summed E-state index contributed by atoms with van der Waals surface area (Å²) in [6.45, 7) is 14.0. The van der Waals surface area contributed by atoms with Crippen LogP contribution in [-0.4, -0.2) is 4.98 Å².